The molecule has 0 aromatic carbocycles. The summed E-state index contributed by atoms with van der Waals surface area (Å²) in [6, 6.07) is 0. The fourth-order valence-corrected chi connectivity index (χ4v) is 1.55. The lowest BCUT2D eigenvalue weighted by molar-refractivity contribution is -0.151. The minimum absolute atomic E-state index is 0.166. The molecule has 0 aliphatic carbocycles. The van der Waals surface area contributed by atoms with Gasteiger partial charge in [0.15, 0.2) is 6.10 Å². The molecule has 1 aliphatic rings. The molecule has 0 saturated carbocycles. The van der Waals surface area contributed by atoms with Crippen molar-refractivity contribution in [2.45, 2.75) is 31.5 Å². The van der Waals surface area contributed by atoms with Crippen molar-refractivity contribution >= 4 is 17.8 Å². The second kappa shape index (κ2) is 6.19. The van der Waals surface area contributed by atoms with E-state index in [1.807, 2.05) is 0 Å². The summed E-state index contributed by atoms with van der Waals surface area (Å²) in [4.78, 5) is 33.0. The lowest BCUT2D eigenvalue weighted by atomic mass is 10.2. The molecule has 96 valence electrons. The molecule has 0 radical (unpaired) electrons. The molecule has 1 rings (SSSR count). The number of carboxylic acids is 1. The van der Waals surface area contributed by atoms with Crippen LogP contribution in [0.1, 0.15) is 19.3 Å². The Bertz CT molecular complexity index is 318. The summed E-state index contributed by atoms with van der Waals surface area (Å²) in [5.74, 6) is -1.58. The minimum atomic E-state index is -1.05. The van der Waals surface area contributed by atoms with Crippen LogP contribution in [0.2, 0.25) is 0 Å². The molecule has 1 aliphatic heterocycles. The fourth-order valence-electron chi connectivity index (χ4n) is 1.55. The van der Waals surface area contributed by atoms with E-state index in [-0.39, 0.29) is 24.8 Å². The predicted octanol–water partition coefficient (Wildman–Crippen LogP) is -1.13. The number of hydrogen-bond donors (Lipinski definition) is 3. The molecule has 3 N–H and O–H groups in total. The van der Waals surface area contributed by atoms with Crippen molar-refractivity contribution in [3.05, 3.63) is 0 Å². The second-order valence-electron chi connectivity index (χ2n) is 3.74. The van der Waals surface area contributed by atoms with Crippen molar-refractivity contribution in [3.8, 4) is 0 Å². The molecule has 0 spiro atoms. The van der Waals surface area contributed by atoms with Crippen LogP contribution in [0.15, 0.2) is 0 Å². The summed E-state index contributed by atoms with van der Waals surface area (Å²) in [5, 5.41) is 13.6. The molecular weight excluding hydrogens is 228 g/mol. The van der Waals surface area contributed by atoms with Gasteiger partial charge in [-0.25, -0.2) is 4.79 Å². The summed E-state index contributed by atoms with van der Waals surface area (Å²) in [6.45, 7) is 0.218. The average Bonchev–Trinajstić information content (AvgIpc) is 2.78. The van der Waals surface area contributed by atoms with Gasteiger partial charge in [-0.3, -0.25) is 9.59 Å². The lowest BCUT2D eigenvalue weighted by Gasteiger charge is -2.11. The molecule has 0 aromatic heterocycles. The molecule has 0 unspecified atom stereocenters. The van der Waals surface area contributed by atoms with Gasteiger partial charge in [0.2, 0.25) is 11.8 Å². The normalized spacial score (nSPS) is 23.1. The van der Waals surface area contributed by atoms with Crippen molar-refractivity contribution in [1.29, 1.82) is 0 Å². The molecule has 7 heteroatoms. The van der Waals surface area contributed by atoms with Gasteiger partial charge in [0.1, 0.15) is 6.10 Å². The highest BCUT2D eigenvalue weighted by molar-refractivity contribution is 5.83. The van der Waals surface area contributed by atoms with Crippen LogP contribution in [0.3, 0.4) is 0 Å². The van der Waals surface area contributed by atoms with Crippen LogP contribution in [0.4, 0.5) is 0 Å². The van der Waals surface area contributed by atoms with E-state index < -0.39 is 18.2 Å². The number of carbonyl (C=O) groups is 3. The maximum Gasteiger partial charge on any atom is 0.332 e. The molecule has 1 heterocycles. The maximum absolute atomic E-state index is 11.5. The topological polar surface area (TPSA) is 105 Å². The zero-order chi connectivity index (χ0) is 12.8. The first-order valence-corrected chi connectivity index (χ1v) is 5.41. The maximum atomic E-state index is 11.5. The predicted molar refractivity (Wildman–Crippen MR) is 57.2 cm³/mol. The van der Waals surface area contributed by atoms with Crippen LogP contribution in [0.5, 0.6) is 0 Å². The summed E-state index contributed by atoms with van der Waals surface area (Å²) < 4.78 is 5.06. The number of rotatable bonds is 5. The number of nitrogens with one attached hydrogen (secondary N) is 2. The van der Waals surface area contributed by atoms with Gasteiger partial charge in [-0.05, 0) is 12.8 Å². The standard InChI is InChI=1S/C10H16N2O5/c1-11-8(13)4-5-12-9(14)6-2-3-7(17-6)10(15)16/h6-7H,2-5H2,1H3,(H,11,13)(H,12,14)(H,15,16)/t6-,7+/m0/s1. The molecule has 17 heavy (non-hydrogen) atoms. The number of amides is 2. The van der Waals surface area contributed by atoms with Crippen molar-refractivity contribution in [1.82, 2.24) is 10.6 Å². The Kier molecular flexibility index (Phi) is 4.89. The van der Waals surface area contributed by atoms with Crippen molar-refractivity contribution in [2.75, 3.05) is 13.6 Å². The van der Waals surface area contributed by atoms with E-state index in [1.54, 1.807) is 0 Å². The van der Waals surface area contributed by atoms with E-state index in [2.05, 4.69) is 10.6 Å². The number of carbonyl (C=O) groups excluding carboxylic acids is 2. The van der Waals surface area contributed by atoms with E-state index in [9.17, 15) is 14.4 Å². The summed E-state index contributed by atoms with van der Waals surface area (Å²) in [6.07, 6.45) is -0.700. The quantitative estimate of drug-likeness (QED) is 0.567. The monoisotopic (exact) mass is 244 g/mol. The molecular formula is C10H16N2O5. The fraction of sp³-hybridized carbons (Fsp3) is 0.700. The molecule has 1 saturated heterocycles. The van der Waals surface area contributed by atoms with Gasteiger partial charge in [0.05, 0.1) is 0 Å². The Balaban J connectivity index is 2.25. The van der Waals surface area contributed by atoms with Crippen LogP contribution in [0, 0.1) is 0 Å². The summed E-state index contributed by atoms with van der Waals surface area (Å²) in [5.41, 5.74) is 0. The van der Waals surface area contributed by atoms with Gasteiger partial charge in [0.25, 0.3) is 0 Å². The molecule has 0 bridgehead atoms. The van der Waals surface area contributed by atoms with Gasteiger partial charge >= 0.3 is 5.97 Å². The molecule has 1 fully saturated rings. The first-order valence-electron chi connectivity index (χ1n) is 5.41. The Morgan fingerprint density at radius 1 is 1.29 bits per heavy atom. The first-order chi connectivity index (χ1) is 8.04. The summed E-state index contributed by atoms with van der Waals surface area (Å²) in [7, 11) is 1.52. The zero-order valence-electron chi connectivity index (χ0n) is 9.56. The average molecular weight is 244 g/mol. The molecule has 7 nitrogen and oxygen atoms in total. The third kappa shape index (κ3) is 4.03. The third-order valence-electron chi connectivity index (χ3n) is 2.52. The van der Waals surface area contributed by atoms with Gasteiger partial charge in [-0.2, -0.15) is 0 Å². The highest BCUT2D eigenvalue weighted by Gasteiger charge is 2.34. The highest BCUT2D eigenvalue weighted by atomic mass is 16.5. The highest BCUT2D eigenvalue weighted by Crippen LogP contribution is 2.19. The first kappa shape index (κ1) is 13.4. The largest absolute Gasteiger partial charge is 0.479 e. The molecule has 2 amide bonds. The Morgan fingerprint density at radius 2 is 1.94 bits per heavy atom. The van der Waals surface area contributed by atoms with E-state index >= 15 is 0 Å². The van der Waals surface area contributed by atoms with E-state index in [1.165, 1.54) is 7.05 Å². The van der Waals surface area contributed by atoms with Crippen LogP contribution >= 0.6 is 0 Å². The Labute approximate surface area is 98.5 Å². The van der Waals surface area contributed by atoms with Crippen molar-refractivity contribution in [2.24, 2.45) is 0 Å². The Morgan fingerprint density at radius 3 is 2.47 bits per heavy atom. The van der Waals surface area contributed by atoms with Gasteiger partial charge in [-0.1, -0.05) is 0 Å². The Hall–Kier alpha value is -1.63. The number of carboxylic acid groups (broad SMARTS) is 1. The zero-order valence-corrected chi connectivity index (χ0v) is 9.56. The van der Waals surface area contributed by atoms with Crippen molar-refractivity contribution in [3.63, 3.8) is 0 Å². The molecule has 2 atom stereocenters. The van der Waals surface area contributed by atoms with Gasteiger partial charge in [-0.15, -0.1) is 0 Å². The van der Waals surface area contributed by atoms with E-state index in [0.717, 1.165) is 0 Å². The minimum Gasteiger partial charge on any atom is -0.479 e. The van der Waals surface area contributed by atoms with Crippen LogP contribution in [-0.4, -0.2) is 48.7 Å². The third-order valence-corrected chi connectivity index (χ3v) is 2.52. The van der Waals surface area contributed by atoms with Crippen LogP contribution < -0.4 is 10.6 Å². The number of hydrogen-bond acceptors (Lipinski definition) is 4. The van der Waals surface area contributed by atoms with Crippen LogP contribution in [0.25, 0.3) is 0 Å². The summed E-state index contributed by atoms with van der Waals surface area (Å²) >= 11 is 0. The van der Waals surface area contributed by atoms with E-state index in [4.69, 9.17) is 9.84 Å². The van der Waals surface area contributed by atoms with Crippen LogP contribution in [-0.2, 0) is 19.1 Å². The SMILES string of the molecule is CNC(=O)CCNC(=O)[C@@H]1CC[C@H](C(=O)O)O1. The number of aliphatic carboxylic acids is 1. The van der Waals surface area contributed by atoms with E-state index in [0.29, 0.717) is 12.8 Å². The smallest absolute Gasteiger partial charge is 0.332 e. The molecule has 0 aromatic rings. The second-order valence-corrected chi connectivity index (χ2v) is 3.74. The van der Waals surface area contributed by atoms with Crippen molar-refractivity contribution < 1.29 is 24.2 Å². The van der Waals surface area contributed by atoms with Gasteiger partial charge in [0, 0.05) is 20.0 Å². The van der Waals surface area contributed by atoms with Gasteiger partial charge < -0.3 is 20.5 Å². The number of ether oxygens (including phenoxy) is 1. The lowest BCUT2D eigenvalue weighted by Crippen LogP contribution is -2.37.